The highest BCUT2D eigenvalue weighted by atomic mass is 16.5. The predicted molar refractivity (Wildman–Crippen MR) is 242 cm³/mol. The molecule has 3 aromatic carbocycles. The number of hydrogen-bond donors (Lipinski definition) is 3. The quantitative estimate of drug-likeness (QED) is 0.198. The highest BCUT2D eigenvalue weighted by Gasteiger charge is 2.40. The number of aromatic nitrogens is 2. The zero-order chi connectivity index (χ0) is 43.9. The second kappa shape index (κ2) is 17.7. The summed E-state index contributed by atoms with van der Waals surface area (Å²) in [7, 11) is 1.95. The molecule has 6 fully saturated rings. The number of phenols is 1. The number of piperidine rings is 2. The number of imide groups is 1. The lowest BCUT2D eigenvalue weighted by Gasteiger charge is -2.45. The van der Waals surface area contributed by atoms with E-state index in [-0.39, 0.29) is 53.9 Å². The summed E-state index contributed by atoms with van der Waals surface area (Å²) in [4.78, 5) is 49.2. The van der Waals surface area contributed by atoms with E-state index in [0.717, 1.165) is 73.6 Å². The first-order chi connectivity index (χ1) is 31.2. The number of ether oxygens (including phenoxy) is 3. The topological polar surface area (TPSA) is 179 Å². The number of nitrogens with zero attached hydrogens (tertiary/aromatic N) is 7. The number of likely N-dealkylation sites (tertiary alicyclic amines) is 1. The number of rotatable bonds is 8. The molecule has 3 atom stereocenters. The molecule has 6 aliphatic heterocycles. The number of carbonyl (C=O) groups is 3. The number of nitrogens with two attached hydrogens (primary N) is 1. The summed E-state index contributed by atoms with van der Waals surface area (Å²) < 4.78 is 19.0. The van der Waals surface area contributed by atoms with Crippen LogP contribution in [-0.4, -0.2) is 133 Å². The van der Waals surface area contributed by atoms with Crippen molar-refractivity contribution in [2.24, 2.45) is 0 Å². The van der Waals surface area contributed by atoms with Crippen LogP contribution in [0.5, 0.6) is 17.2 Å². The molecule has 4 aromatic rings. The van der Waals surface area contributed by atoms with E-state index in [1.54, 1.807) is 12.1 Å². The first kappa shape index (κ1) is 41.7. The van der Waals surface area contributed by atoms with Gasteiger partial charge in [0.15, 0.2) is 5.82 Å². The van der Waals surface area contributed by atoms with Crippen LogP contribution in [0, 0.1) is 0 Å². The Morgan fingerprint density at radius 3 is 2.41 bits per heavy atom. The second-order valence-electron chi connectivity index (χ2n) is 18.1. The number of carbonyl (C=O) groups excluding carboxylic acids is 3. The van der Waals surface area contributed by atoms with Crippen molar-refractivity contribution in [3.63, 3.8) is 0 Å². The van der Waals surface area contributed by atoms with Crippen molar-refractivity contribution >= 4 is 40.7 Å². The summed E-state index contributed by atoms with van der Waals surface area (Å²) in [5, 5.41) is 21.6. The van der Waals surface area contributed by atoms with Crippen LogP contribution in [0.4, 0.5) is 27.7 Å². The van der Waals surface area contributed by atoms with Gasteiger partial charge in [0, 0.05) is 75.8 Å². The number of urea groups is 1. The molecule has 1 unspecified atom stereocenters. The van der Waals surface area contributed by atoms with Crippen LogP contribution in [0.3, 0.4) is 0 Å². The molecule has 16 heteroatoms. The average molecular weight is 872 g/mol. The van der Waals surface area contributed by atoms with Gasteiger partial charge >= 0.3 is 6.03 Å². The van der Waals surface area contributed by atoms with Crippen LogP contribution < -0.4 is 35.2 Å². The van der Waals surface area contributed by atoms with Gasteiger partial charge in [0.25, 0.3) is 0 Å². The van der Waals surface area contributed by atoms with Crippen molar-refractivity contribution in [3.05, 3.63) is 78.4 Å². The molecule has 16 nitrogen and oxygen atoms in total. The summed E-state index contributed by atoms with van der Waals surface area (Å²) >= 11 is 0. The fourth-order valence-corrected chi connectivity index (χ4v) is 10.8. The number of benzene rings is 3. The maximum Gasteiger partial charge on any atom is 0.319 e. The third-order valence-corrected chi connectivity index (χ3v) is 14.3. The lowest BCUT2D eigenvalue weighted by Crippen LogP contribution is -2.58. The molecule has 7 aliphatic rings. The third kappa shape index (κ3) is 8.19. The molecular formula is C48H57N9O7. The minimum atomic E-state index is -0.379. The van der Waals surface area contributed by atoms with E-state index in [0.29, 0.717) is 81.8 Å². The van der Waals surface area contributed by atoms with Gasteiger partial charge in [-0.2, -0.15) is 0 Å². The molecule has 0 radical (unpaired) electrons. The molecular weight excluding hydrogens is 815 g/mol. The normalized spacial score (nSPS) is 25.0. The van der Waals surface area contributed by atoms with Gasteiger partial charge in [-0.15, -0.1) is 10.2 Å². The molecule has 2 bridgehead atoms. The Hall–Kier alpha value is -6.29. The second-order valence-corrected chi connectivity index (χ2v) is 18.1. The van der Waals surface area contributed by atoms with Crippen molar-refractivity contribution < 1.29 is 33.7 Å². The number of nitrogen functional groups attached to an aromatic ring is 1. The molecule has 1 aromatic heterocycles. The van der Waals surface area contributed by atoms with Crippen LogP contribution in [0.25, 0.3) is 11.3 Å². The molecule has 1 aliphatic carbocycles. The number of piperazine rings is 1. The first-order valence-corrected chi connectivity index (χ1v) is 22.9. The molecule has 336 valence electrons. The summed E-state index contributed by atoms with van der Waals surface area (Å²) in [5.41, 5.74) is 11.5. The Balaban J connectivity index is 0.721. The van der Waals surface area contributed by atoms with Gasteiger partial charge in [-0.1, -0.05) is 30.3 Å². The molecule has 11 rings (SSSR count). The zero-order valence-electron chi connectivity index (χ0n) is 36.3. The standard InChI is InChI=1S/C48H57N9O7/c1-53(31-14-12-30(13-15-31)37-9-5-10-40-45(37)63-23-22-55(40)41-16-17-44(59)50-47(41)60)48(61)54-20-18-35(19-21-54)64-36-7-4-6-32(24-36)56-26-34-29-62-28-33(56)27-57(34)42-25-39(51-52-46(42)49)38-8-2-3-11-43(38)58/h2-11,24-25,30-31,33-35,41,58H,12-23,26-29H2,1H3,(H2,49,52)(H,50,59,60)/t30?,31?,33-,34?,41+/m0/s1. The lowest BCUT2D eigenvalue weighted by atomic mass is 9.80. The Bertz CT molecular complexity index is 2390. The minimum absolute atomic E-state index is 0.00444. The monoisotopic (exact) mass is 871 g/mol. The average Bonchev–Trinajstić information content (AvgIpc) is 3.66. The highest BCUT2D eigenvalue weighted by Crippen LogP contribution is 2.45. The van der Waals surface area contributed by atoms with E-state index in [2.05, 4.69) is 48.4 Å². The molecule has 4 N–H and O–H groups in total. The van der Waals surface area contributed by atoms with E-state index >= 15 is 0 Å². The van der Waals surface area contributed by atoms with Crippen molar-refractivity contribution in [1.29, 1.82) is 0 Å². The predicted octanol–water partition coefficient (Wildman–Crippen LogP) is 5.15. The van der Waals surface area contributed by atoms with Crippen LogP contribution >= 0.6 is 0 Å². The van der Waals surface area contributed by atoms with Gasteiger partial charge in [-0.25, -0.2) is 4.79 Å². The molecule has 64 heavy (non-hydrogen) atoms. The fraction of sp³-hybridized carbons (Fsp3) is 0.479. The lowest BCUT2D eigenvalue weighted by molar-refractivity contribution is -0.134. The minimum Gasteiger partial charge on any atom is -0.507 e. The largest absolute Gasteiger partial charge is 0.507 e. The maximum absolute atomic E-state index is 13.9. The van der Waals surface area contributed by atoms with Crippen molar-refractivity contribution in [2.75, 3.05) is 80.0 Å². The highest BCUT2D eigenvalue weighted by molar-refractivity contribution is 6.02. The fourth-order valence-electron chi connectivity index (χ4n) is 10.8. The van der Waals surface area contributed by atoms with Crippen LogP contribution in [0.2, 0.25) is 0 Å². The van der Waals surface area contributed by atoms with Crippen LogP contribution in [-0.2, 0) is 14.3 Å². The Kier molecular flexibility index (Phi) is 11.5. The van der Waals surface area contributed by atoms with E-state index in [1.165, 1.54) is 5.56 Å². The molecule has 4 amide bonds. The van der Waals surface area contributed by atoms with E-state index in [9.17, 15) is 19.5 Å². The van der Waals surface area contributed by atoms with Crippen molar-refractivity contribution in [1.82, 2.24) is 25.3 Å². The number of anilines is 4. The van der Waals surface area contributed by atoms with Crippen molar-refractivity contribution in [3.8, 4) is 28.5 Å². The molecule has 1 saturated carbocycles. The summed E-state index contributed by atoms with van der Waals surface area (Å²) in [6.45, 7) is 4.90. The third-order valence-electron chi connectivity index (χ3n) is 14.3. The SMILES string of the molecule is CN(C(=O)N1CCC(Oc2cccc(N3CC4COC[C@@H]3CN4c3cc(-c4ccccc4O)nnc3N)c2)CC1)C1CCC(c2cccc3c2OCCN3[C@@H]2CCC(=O)NC2=O)CC1. The number of phenolic OH excluding ortho intramolecular Hbond substituents is 1. The van der Waals surface area contributed by atoms with E-state index < -0.39 is 0 Å². The van der Waals surface area contributed by atoms with E-state index in [4.69, 9.17) is 19.9 Å². The van der Waals surface area contributed by atoms with Crippen molar-refractivity contribution in [2.45, 2.75) is 87.6 Å². The van der Waals surface area contributed by atoms with Crippen LogP contribution in [0.1, 0.15) is 62.8 Å². The Morgan fingerprint density at radius 1 is 0.844 bits per heavy atom. The van der Waals surface area contributed by atoms with E-state index in [1.807, 2.05) is 59.3 Å². The number of aromatic hydroxyl groups is 1. The summed E-state index contributed by atoms with van der Waals surface area (Å²) in [6, 6.07) is 23.5. The first-order valence-electron chi connectivity index (χ1n) is 22.9. The number of fused-ring (bicyclic) bond motifs is 5. The number of nitrogens with one attached hydrogen (secondary N) is 1. The van der Waals surface area contributed by atoms with Gasteiger partial charge < -0.3 is 49.6 Å². The number of para-hydroxylation sites is 2. The van der Waals surface area contributed by atoms with Crippen LogP contribution in [0.15, 0.2) is 72.8 Å². The maximum atomic E-state index is 13.9. The van der Waals surface area contributed by atoms with Gasteiger partial charge in [-0.05, 0) is 80.0 Å². The number of hydrogen-bond acceptors (Lipinski definition) is 13. The molecule has 5 saturated heterocycles. The van der Waals surface area contributed by atoms with Gasteiger partial charge in [0.1, 0.15) is 36.0 Å². The number of amides is 4. The molecule has 7 heterocycles. The van der Waals surface area contributed by atoms with Gasteiger partial charge in [0.05, 0.1) is 48.9 Å². The summed E-state index contributed by atoms with van der Waals surface area (Å²) in [5.74, 6) is 2.01. The zero-order valence-corrected chi connectivity index (χ0v) is 36.3. The Morgan fingerprint density at radius 2 is 1.61 bits per heavy atom. The molecule has 0 spiro atoms. The Labute approximate surface area is 373 Å². The smallest absolute Gasteiger partial charge is 0.319 e. The summed E-state index contributed by atoms with van der Waals surface area (Å²) in [6.07, 6.45) is 6.06. The van der Waals surface area contributed by atoms with Gasteiger partial charge in [0.2, 0.25) is 11.8 Å². The van der Waals surface area contributed by atoms with Gasteiger partial charge in [-0.3, -0.25) is 14.9 Å².